The van der Waals surface area contributed by atoms with Crippen molar-refractivity contribution in [3.8, 4) is 0 Å². The van der Waals surface area contributed by atoms with Crippen LogP contribution in [0.15, 0.2) is 66.8 Å². The molecule has 3 rings (SSSR count). The SMILES string of the molecule is [CH]1C=Cc2c1ccc1/c2=C\C=C/C=C\C=C\C=C/C=1. The molecule has 2 aliphatic carbocycles. The molecule has 0 amide bonds. The van der Waals surface area contributed by atoms with Crippen LogP contribution in [-0.2, 0) is 0 Å². The maximum atomic E-state index is 2.18. The predicted molar refractivity (Wildman–Crippen MR) is 83.6 cm³/mol. The second kappa shape index (κ2) is 5.53. The fraction of sp³-hybridized carbons (Fsp3) is 0. The van der Waals surface area contributed by atoms with Gasteiger partial charge < -0.3 is 0 Å². The van der Waals surface area contributed by atoms with Gasteiger partial charge in [-0.3, -0.25) is 0 Å². The topological polar surface area (TPSA) is 0 Å². The first-order valence-electron chi connectivity index (χ1n) is 6.48. The molecule has 0 heteroatoms. The van der Waals surface area contributed by atoms with Gasteiger partial charge in [0, 0.05) is 6.42 Å². The smallest absolute Gasteiger partial charge is 0.0131 e. The number of fused-ring (bicyclic) bond motifs is 3. The van der Waals surface area contributed by atoms with Gasteiger partial charge in [0.15, 0.2) is 0 Å². The van der Waals surface area contributed by atoms with Crippen LogP contribution in [0.25, 0.3) is 18.2 Å². The van der Waals surface area contributed by atoms with Gasteiger partial charge in [-0.1, -0.05) is 85.0 Å². The van der Waals surface area contributed by atoms with E-state index >= 15 is 0 Å². The summed E-state index contributed by atoms with van der Waals surface area (Å²) >= 11 is 0. The van der Waals surface area contributed by atoms with Gasteiger partial charge in [0.05, 0.1) is 0 Å². The van der Waals surface area contributed by atoms with E-state index in [-0.39, 0.29) is 0 Å². The monoisotopic (exact) mass is 243 g/mol. The summed E-state index contributed by atoms with van der Waals surface area (Å²) < 4.78 is 0. The van der Waals surface area contributed by atoms with Crippen LogP contribution in [0.2, 0.25) is 0 Å². The van der Waals surface area contributed by atoms with Crippen LogP contribution in [-0.4, -0.2) is 0 Å². The Morgan fingerprint density at radius 2 is 1.26 bits per heavy atom. The average Bonchev–Trinajstić information content (AvgIpc) is 2.88. The molecular formula is C19H15. The number of hydrogen-bond acceptors (Lipinski definition) is 0. The molecule has 91 valence electrons. The summed E-state index contributed by atoms with van der Waals surface area (Å²) in [6, 6.07) is 4.36. The van der Waals surface area contributed by atoms with E-state index in [9.17, 15) is 0 Å². The highest BCUT2D eigenvalue weighted by molar-refractivity contribution is 5.68. The minimum absolute atomic E-state index is 1.25. The van der Waals surface area contributed by atoms with Crippen LogP contribution in [0.3, 0.4) is 0 Å². The minimum Gasteiger partial charge on any atom is -0.0754 e. The zero-order valence-electron chi connectivity index (χ0n) is 10.7. The Labute approximate surface area is 113 Å². The number of benzene rings is 1. The van der Waals surface area contributed by atoms with Crippen LogP contribution >= 0.6 is 0 Å². The van der Waals surface area contributed by atoms with Gasteiger partial charge in [-0.15, -0.1) is 0 Å². The van der Waals surface area contributed by atoms with Gasteiger partial charge in [0.2, 0.25) is 0 Å². The Kier molecular flexibility index (Phi) is 3.42. The first-order chi connectivity index (χ1) is 9.45. The number of hydrogen-bond donors (Lipinski definition) is 0. The lowest BCUT2D eigenvalue weighted by Crippen LogP contribution is -2.27. The van der Waals surface area contributed by atoms with Crippen molar-refractivity contribution in [2.75, 3.05) is 0 Å². The molecular weight excluding hydrogens is 228 g/mol. The molecule has 0 aromatic heterocycles. The quantitative estimate of drug-likeness (QED) is 0.657. The van der Waals surface area contributed by atoms with Crippen molar-refractivity contribution in [1.29, 1.82) is 0 Å². The van der Waals surface area contributed by atoms with Crippen molar-refractivity contribution in [1.82, 2.24) is 0 Å². The summed E-state index contributed by atoms with van der Waals surface area (Å²) in [6.07, 6.45) is 27.2. The van der Waals surface area contributed by atoms with E-state index in [4.69, 9.17) is 0 Å². The second-order valence-corrected chi connectivity index (χ2v) is 4.47. The maximum Gasteiger partial charge on any atom is 0.0131 e. The molecule has 0 nitrogen and oxygen atoms in total. The molecule has 0 atom stereocenters. The summed E-state index contributed by atoms with van der Waals surface area (Å²) in [6.45, 7) is 0. The fourth-order valence-corrected chi connectivity index (χ4v) is 2.28. The molecule has 0 saturated heterocycles. The summed E-state index contributed by atoms with van der Waals surface area (Å²) in [4.78, 5) is 0. The van der Waals surface area contributed by atoms with E-state index < -0.39 is 0 Å². The summed E-state index contributed by atoms with van der Waals surface area (Å²) in [5, 5.41) is 2.53. The van der Waals surface area contributed by atoms with E-state index in [0.29, 0.717) is 0 Å². The zero-order chi connectivity index (χ0) is 12.9. The fourth-order valence-electron chi connectivity index (χ4n) is 2.28. The molecule has 1 aromatic rings. The molecule has 1 radical (unpaired) electrons. The van der Waals surface area contributed by atoms with Crippen molar-refractivity contribution in [3.05, 3.63) is 94.8 Å². The van der Waals surface area contributed by atoms with Crippen molar-refractivity contribution in [3.63, 3.8) is 0 Å². The van der Waals surface area contributed by atoms with Gasteiger partial charge in [0.25, 0.3) is 0 Å². The summed E-state index contributed by atoms with van der Waals surface area (Å²) in [5.41, 5.74) is 2.60. The third kappa shape index (κ3) is 2.58. The van der Waals surface area contributed by atoms with Gasteiger partial charge in [0.1, 0.15) is 0 Å². The third-order valence-electron chi connectivity index (χ3n) is 3.21. The van der Waals surface area contributed by atoms with E-state index in [2.05, 4.69) is 67.2 Å². The lowest BCUT2D eigenvalue weighted by Gasteiger charge is -2.00. The molecule has 0 heterocycles. The van der Waals surface area contributed by atoms with E-state index in [1.807, 2.05) is 24.3 Å². The standard InChI is InChI=1S/C19H15/c1-2-4-6-8-12-18-16(10-7-5-3-1)14-15-17-11-9-13-19(17)18/h1-15H/b2-1?,3-1+,4-2-,5-3?,6-4?,7-5-,8-6-,10-7?,12-8?,16-10+,18-12+. The summed E-state index contributed by atoms with van der Waals surface area (Å²) in [7, 11) is 0. The van der Waals surface area contributed by atoms with E-state index in [1.54, 1.807) is 0 Å². The molecule has 0 spiro atoms. The average molecular weight is 243 g/mol. The van der Waals surface area contributed by atoms with Gasteiger partial charge in [-0.2, -0.15) is 0 Å². The molecule has 19 heavy (non-hydrogen) atoms. The van der Waals surface area contributed by atoms with Crippen molar-refractivity contribution >= 4 is 18.2 Å². The number of allylic oxidation sites excluding steroid dienone is 9. The second-order valence-electron chi connectivity index (χ2n) is 4.47. The molecule has 1 aromatic carbocycles. The highest BCUT2D eigenvalue weighted by Gasteiger charge is 2.05. The van der Waals surface area contributed by atoms with Gasteiger partial charge >= 0.3 is 0 Å². The zero-order valence-corrected chi connectivity index (χ0v) is 10.7. The van der Waals surface area contributed by atoms with Gasteiger partial charge in [-0.25, -0.2) is 0 Å². The Bertz CT molecular complexity index is 735. The number of rotatable bonds is 0. The lowest BCUT2D eigenvalue weighted by atomic mass is 10.0. The van der Waals surface area contributed by atoms with E-state index in [1.165, 1.54) is 21.6 Å². The van der Waals surface area contributed by atoms with Crippen LogP contribution in [0.4, 0.5) is 0 Å². The van der Waals surface area contributed by atoms with Crippen molar-refractivity contribution in [2.24, 2.45) is 0 Å². The molecule has 0 aliphatic heterocycles. The Morgan fingerprint density at radius 1 is 0.579 bits per heavy atom. The molecule has 0 fully saturated rings. The molecule has 0 saturated carbocycles. The van der Waals surface area contributed by atoms with E-state index in [0.717, 1.165) is 0 Å². The highest BCUT2D eigenvalue weighted by atomic mass is 14.1. The molecule has 0 unspecified atom stereocenters. The highest BCUT2D eigenvalue weighted by Crippen LogP contribution is 2.15. The van der Waals surface area contributed by atoms with Crippen LogP contribution in [0.1, 0.15) is 11.1 Å². The predicted octanol–water partition coefficient (Wildman–Crippen LogP) is 3.07. The first kappa shape index (κ1) is 11.7. The minimum atomic E-state index is 1.25. The summed E-state index contributed by atoms with van der Waals surface area (Å²) in [5.74, 6) is 0. The van der Waals surface area contributed by atoms with Crippen molar-refractivity contribution in [2.45, 2.75) is 0 Å². The third-order valence-corrected chi connectivity index (χ3v) is 3.21. The molecule has 2 aliphatic rings. The first-order valence-corrected chi connectivity index (χ1v) is 6.48. The Morgan fingerprint density at radius 3 is 2.05 bits per heavy atom. The molecule has 0 bridgehead atoms. The molecule has 0 N–H and O–H groups in total. The van der Waals surface area contributed by atoms with Crippen molar-refractivity contribution < 1.29 is 0 Å². The maximum absolute atomic E-state index is 2.18. The largest absolute Gasteiger partial charge is 0.0754 e. The Hall–Kier alpha value is -2.34. The van der Waals surface area contributed by atoms with Gasteiger partial charge in [-0.05, 0) is 21.6 Å². The Balaban J connectivity index is 2.26. The van der Waals surface area contributed by atoms with Crippen LogP contribution in [0, 0.1) is 6.42 Å². The normalized spacial score (nSPS) is 26.3. The lowest BCUT2D eigenvalue weighted by molar-refractivity contribution is 1.44. The van der Waals surface area contributed by atoms with Crippen LogP contribution < -0.4 is 10.4 Å². The van der Waals surface area contributed by atoms with Crippen LogP contribution in [0.5, 0.6) is 0 Å².